The average molecular weight is 210 g/mol. The van der Waals surface area contributed by atoms with E-state index in [2.05, 4.69) is 10.6 Å². The van der Waals surface area contributed by atoms with Gasteiger partial charge < -0.3 is 10.6 Å². The number of anilines is 1. The maximum absolute atomic E-state index is 12.8. The van der Waals surface area contributed by atoms with Crippen LogP contribution in [0.1, 0.15) is 20.3 Å². The molecule has 82 valence electrons. The van der Waals surface area contributed by atoms with Crippen molar-refractivity contribution in [3.63, 3.8) is 0 Å². The second-order valence-electron chi connectivity index (χ2n) is 3.42. The molecule has 0 aromatic heterocycles. The summed E-state index contributed by atoms with van der Waals surface area (Å²) in [5.41, 5.74) is 0.454. The third kappa shape index (κ3) is 3.97. The van der Waals surface area contributed by atoms with Crippen LogP contribution in [0.5, 0.6) is 0 Å². The molecule has 0 aliphatic heterocycles. The summed E-state index contributed by atoms with van der Waals surface area (Å²) in [4.78, 5) is 11.3. The predicted octanol–water partition coefficient (Wildman–Crippen LogP) is 2.75. The summed E-state index contributed by atoms with van der Waals surface area (Å²) in [6, 6.07) is 5.59. The van der Waals surface area contributed by atoms with E-state index in [1.807, 2.05) is 13.8 Å². The molecule has 0 fully saturated rings. The van der Waals surface area contributed by atoms with Crippen molar-refractivity contribution in [1.29, 1.82) is 0 Å². The highest BCUT2D eigenvalue weighted by molar-refractivity contribution is 5.89. The first-order valence-electron chi connectivity index (χ1n) is 4.95. The smallest absolute Gasteiger partial charge is 0.319 e. The first kappa shape index (κ1) is 11.5. The number of urea groups is 1. The summed E-state index contributed by atoms with van der Waals surface area (Å²) in [6.45, 7) is 3.89. The molecule has 0 heterocycles. The number of amides is 2. The van der Waals surface area contributed by atoms with E-state index < -0.39 is 0 Å². The van der Waals surface area contributed by atoms with E-state index in [-0.39, 0.29) is 17.9 Å². The van der Waals surface area contributed by atoms with Crippen molar-refractivity contribution >= 4 is 11.7 Å². The van der Waals surface area contributed by atoms with E-state index in [9.17, 15) is 9.18 Å². The minimum absolute atomic E-state index is 0.110. The molecule has 0 bridgehead atoms. The topological polar surface area (TPSA) is 41.1 Å². The molecule has 2 amide bonds. The zero-order valence-corrected chi connectivity index (χ0v) is 8.88. The number of carbonyl (C=O) groups excluding carboxylic acids is 1. The third-order valence-electron chi connectivity index (χ3n) is 2.07. The lowest BCUT2D eigenvalue weighted by Crippen LogP contribution is -2.35. The summed E-state index contributed by atoms with van der Waals surface area (Å²) < 4.78 is 12.8. The third-order valence-corrected chi connectivity index (χ3v) is 2.07. The summed E-state index contributed by atoms with van der Waals surface area (Å²) in [6.07, 6.45) is 0.858. The Labute approximate surface area is 88.7 Å². The molecule has 0 aliphatic carbocycles. The van der Waals surface area contributed by atoms with Crippen LogP contribution in [0, 0.1) is 5.82 Å². The van der Waals surface area contributed by atoms with E-state index >= 15 is 0 Å². The maximum Gasteiger partial charge on any atom is 0.319 e. The molecular weight excluding hydrogens is 195 g/mol. The van der Waals surface area contributed by atoms with Crippen molar-refractivity contribution in [3.8, 4) is 0 Å². The van der Waals surface area contributed by atoms with Crippen molar-refractivity contribution in [2.45, 2.75) is 26.3 Å². The van der Waals surface area contributed by atoms with Crippen molar-refractivity contribution < 1.29 is 9.18 Å². The number of hydrogen-bond acceptors (Lipinski definition) is 1. The lowest BCUT2D eigenvalue weighted by molar-refractivity contribution is 0.249. The molecule has 3 nitrogen and oxygen atoms in total. The van der Waals surface area contributed by atoms with Crippen molar-refractivity contribution in [3.05, 3.63) is 30.1 Å². The Hall–Kier alpha value is -1.58. The fraction of sp³-hybridized carbons (Fsp3) is 0.364. The van der Waals surface area contributed by atoms with Crippen LogP contribution in [0.4, 0.5) is 14.9 Å². The van der Waals surface area contributed by atoms with Gasteiger partial charge in [-0.3, -0.25) is 0 Å². The van der Waals surface area contributed by atoms with Gasteiger partial charge >= 0.3 is 6.03 Å². The Morgan fingerprint density at radius 3 is 2.87 bits per heavy atom. The van der Waals surface area contributed by atoms with Crippen LogP contribution >= 0.6 is 0 Å². The minimum Gasteiger partial charge on any atom is -0.335 e. The molecule has 0 saturated heterocycles. The minimum atomic E-state index is -0.365. The largest absolute Gasteiger partial charge is 0.335 e. The van der Waals surface area contributed by atoms with Crippen LogP contribution in [-0.4, -0.2) is 12.1 Å². The highest BCUT2D eigenvalue weighted by Crippen LogP contribution is 2.08. The molecule has 2 N–H and O–H groups in total. The van der Waals surface area contributed by atoms with E-state index in [0.29, 0.717) is 5.69 Å². The van der Waals surface area contributed by atoms with Gasteiger partial charge in [0.1, 0.15) is 5.82 Å². The Kier molecular flexibility index (Phi) is 4.09. The fourth-order valence-corrected chi connectivity index (χ4v) is 1.06. The van der Waals surface area contributed by atoms with Gasteiger partial charge in [0.15, 0.2) is 0 Å². The Balaban J connectivity index is 2.51. The zero-order valence-electron chi connectivity index (χ0n) is 8.88. The van der Waals surface area contributed by atoms with Gasteiger partial charge in [0.25, 0.3) is 0 Å². The Morgan fingerprint density at radius 2 is 2.27 bits per heavy atom. The first-order valence-corrected chi connectivity index (χ1v) is 4.95. The summed E-state index contributed by atoms with van der Waals surface area (Å²) in [7, 11) is 0. The van der Waals surface area contributed by atoms with E-state index in [1.54, 1.807) is 12.1 Å². The lowest BCUT2D eigenvalue weighted by atomic mass is 10.3. The standard InChI is InChI=1S/C11H15FN2O/c1-3-8(2)13-11(15)14-10-6-4-5-9(12)7-10/h4-8H,3H2,1-2H3,(H2,13,14,15). The molecule has 0 saturated carbocycles. The maximum atomic E-state index is 12.8. The molecule has 15 heavy (non-hydrogen) atoms. The number of hydrogen-bond donors (Lipinski definition) is 2. The highest BCUT2D eigenvalue weighted by Gasteiger charge is 2.05. The van der Waals surface area contributed by atoms with Gasteiger partial charge in [0.05, 0.1) is 0 Å². The first-order chi connectivity index (χ1) is 7.11. The number of rotatable bonds is 3. The van der Waals surface area contributed by atoms with E-state index in [1.165, 1.54) is 12.1 Å². The van der Waals surface area contributed by atoms with Gasteiger partial charge in [-0.15, -0.1) is 0 Å². The lowest BCUT2D eigenvalue weighted by Gasteiger charge is -2.12. The molecule has 1 aromatic carbocycles. The molecule has 1 aromatic rings. The average Bonchev–Trinajstić information content (AvgIpc) is 2.17. The molecule has 1 unspecified atom stereocenters. The molecular formula is C11H15FN2O. The second-order valence-corrected chi connectivity index (χ2v) is 3.42. The molecule has 1 atom stereocenters. The van der Waals surface area contributed by atoms with E-state index in [0.717, 1.165) is 6.42 Å². The number of nitrogens with one attached hydrogen (secondary N) is 2. The van der Waals surface area contributed by atoms with Gasteiger partial charge in [-0.2, -0.15) is 0 Å². The van der Waals surface area contributed by atoms with Gasteiger partial charge in [0.2, 0.25) is 0 Å². The summed E-state index contributed by atoms with van der Waals surface area (Å²) in [5, 5.41) is 5.28. The molecule has 0 radical (unpaired) electrons. The van der Waals surface area contributed by atoms with Gasteiger partial charge in [-0.25, -0.2) is 9.18 Å². The van der Waals surface area contributed by atoms with Crippen LogP contribution in [0.15, 0.2) is 24.3 Å². The molecule has 4 heteroatoms. The van der Waals surface area contributed by atoms with Gasteiger partial charge in [-0.05, 0) is 31.5 Å². The predicted molar refractivity (Wildman–Crippen MR) is 58.3 cm³/mol. The molecule has 0 aliphatic rings. The molecule has 0 spiro atoms. The second kappa shape index (κ2) is 5.34. The van der Waals surface area contributed by atoms with Crippen molar-refractivity contribution in [2.75, 3.05) is 5.32 Å². The number of halogens is 1. The molecule has 1 rings (SSSR count). The van der Waals surface area contributed by atoms with Crippen LogP contribution in [0.25, 0.3) is 0 Å². The number of benzene rings is 1. The van der Waals surface area contributed by atoms with Crippen molar-refractivity contribution in [2.24, 2.45) is 0 Å². The normalized spacial score (nSPS) is 11.9. The zero-order chi connectivity index (χ0) is 11.3. The van der Waals surface area contributed by atoms with Crippen LogP contribution in [-0.2, 0) is 0 Å². The SMILES string of the molecule is CCC(C)NC(=O)Nc1cccc(F)c1. The monoisotopic (exact) mass is 210 g/mol. The van der Waals surface area contributed by atoms with E-state index in [4.69, 9.17) is 0 Å². The highest BCUT2D eigenvalue weighted by atomic mass is 19.1. The number of carbonyl (C=O) groups is 1. The van der Waals surface area contributed by atoms with Gasteiger partial charge in [0, 0.05) is 11.7 Å². The Bertz CT molecular complexity index is 341. The fourth-order valence-electron chi connectivity index (χ4n) is 1.06. The van der Waals surface area contributed by atoms with Gasteiger partial charge in [-0.1, -0.05) is 13.0 Å². The van der Waals surface area contributed by atoms with Crippen LogP contribution in [0.2, 0.25) is 0 Å². The summed E-state index contributed by atoms with van der Waals surface area (Å²) in [5.74, 6) is -0.365. The quantitative estimate of drug-likeness (QED) is 0.791. The van der Waals surface area contributed by atoms with Crippen molar-refractivity contribution in [1.82, 2.24) is 5.32 Å². The van der Waals surface area contributed by atoms with Crippen LogP contribution in [0.3, 0.4) is 0 Å². The summed E-state index contributed by atoms with van der Waals surface area (Å²) >= 11 is 0. The Morgan fingerprint density at radius 1 is 1.53 bits per heavy atom. The van der Waals surface area contributed by atoms with Crippen LogP contribution < -0.4 is 10.6 Å².